The summed E-state index contributed by atoms with van der Waals surface area (Å²) in [7, 11) is 1.60. The Morgan fingerprint density at radius 2 is 2.20 bits per heavy atom. The Hall–Kier alpha value is -0.980. The maximum Gasteiger partial charge on any atom is 0.102 e. The van der Waals surface area contributed by atoms with E-state index in [0.717, 1.165) is 5.69 Å². The monoisotopic (exact) mass is 214 g/mol. The zero-order valence-electron chi connectivity index (χ0n) is 9.34. The van der Waals surface area contributed by atoms with Crippen molar-refractivity contribution in [2.45, 2.75) is 39.1 Å². The van der Waals surface area contributed by atoms with Crippen molar-refractivity contribution in [3.05, 3.63) is 11.4 Å². The van der Waals surface area contributed by atoms with E-state index in [-0.39, 0.29) is 6.04 Å². The van der Waals surface area contributed by atoms with E-state index in [1.54, 1.807) is 18.7 Å². The first kappa shape index (κ1) is 12.1. The van der Waals surface area contributed by atoms with Gasteiger partial charge >= 0.3 is 0 Å². The third-order valence-electron chi connectivity index (χ3n) is 2.43. The average Bonchev–Trinajstić information content (AvgIpc) is 2.60. The van der Waals surface area contributed by atoms with Gasteiger partial charge in [0.1, 0.15) is 5.69 Å². The quantitative estimate of drug-likeness (QED) is 0.710. The van der Waals surface area contributed by atoms with Crippen LogP contribution in [0.3, 0.4) is 0 Å². The minimum atomic E-state index is -0.493. The van der Waals surface area contributed by atoms with Gasteiger partial charge in [-0.3, -0.25) is 0 Å². The van der Waals surface area contributed by atoms with Crippen LogP contribution in [0, 0.1) is 0 Å². The molecule has 0 aliphatic heterocycles. The van der Waals surface area contributed by atoms with Crippen molar-refractivity contribution in [1.29, 1.82) is 0 Å². The number of aromatic nitrogens is 3. The lowest BCUT2D eigenvalue weighted by molar-refractivity contribution is 0.120. The highest BCUT2D eigenvalue weighted by atomic mass is 16.5. The Bertz CT molecular complexity index is 311. The number of ether oxygens (including phenoxy) is 1. The maximum absolute atomic E-state index is 9.49. The second kappa shape index (κ2) is 5.20. The summed E-state index contributed by atoms with van der Waals surface area (Å²) in [6.45, 7) is 4.31. The van der Waals surface area contributed by atoms with Gasteiger partial charge < -0.3 is 15.6 Å². The normalized spacial score (nSPS) is 15.3. The fourth-order valence-electron chi connectivity index (χ4n) is 1.32. The van der Waals surface area contributed by atoms with Gasteiger partial charge in [0, 0.05) is 13.7 Å². The molecule has 0 saturated carbocycles. The van der Waals surface area contributed by atoms with Crippen LogP contribution in [0.25, 0.3) is 0 Å². The molecule has 6 heteroatoms. The number of rotatable bonds is 5. The van der Waals surface area contributed by atoms with Crippen molar-refractivity contribution in [3.8, 4) is 0 Å². The molecule has 0 bridgehead atoms. The Morgan fingerprint density at radius 1 is 1.53 bits per heavy atom. The summed E-state index contributed by atoms with van der Waals surface area (Å²) in [5, 5.41) is 17.4. The van der Waals surface area contributed by atoms with Crippen LogP contribution in [0.2, 0.25) is 0 Å². The van der Waals surface area contributed by atoms with Gasteiger partial charge in [-0.05, 0) is 13.8 Å². The smallest absolute Gasteiger partial charge is 0.102 e. The standard InChI is InChI=1S/C9H18N4O2/c1-6(7(2)14)13-9(5-15-3)8(4-10)11-12-13/h6-7,14H,4-5,10H2,1-3H3. The molecule has 2 atom stereocenters. The molecule has 0 aliphatic carbocycles. The minimum absolute atomic E-state index is 0.136. The molecule has 15 heavy (non-hydrogen) atoms. The molecule has 0 saturated heterocycles. The second-order valence-electron chi connectivity index (χ2n) is 3.55. The lowest BCUT2D eigenvalue weighted by atomic mass is 10.2. The van der Waals surface area contributed by atoms with E-state index < -0.39 is 6.10 Å². The summed E-state index contributed by atoms with van der Waals surface area (Å²) in [6.07, 6.45) is -0.493. The summed E-state index contributed by atoms with van der Waals surface area (Å²) in [5.74, 6) is 0. The lowest BCUT2D eigenvalue weighted by Gasteiger charge is -2.17. The van der Waals surface area contributed by atoms with E-state index in [0.29, 0.717) is 18.8 Å². The molecule has 0 radical (unpaired) electrons. The van der Waals surface area contributed by atoms with Crippen LogP contribution in [-0.4, -0.2) is 33.3 Å². The van der Waals surface area contributed by atoms with E-state index in [4.69, 9.17) is 10.5 Å². The molecule has 1 aromatic heterocycles. The summed E-state index contributed by atoms with van der Waals surface area (Å²) in [6, 6.07) is -0.136. The Kier molecular flexibility index (Phi) is 4.19. The van der Waals surface area contributed by atoms with Gasteiger partial charge in [0.15, 0.2) is 0 Å². The van der Waals surface area contributed by atoms with Crippen LogP contribution in [-0.2, 0) is 17.9 Å². The maximum atomic E-state index is 9.49. The SMILES string of the molecule is COCc1c(CN)nnn1C(C)C(C)O. The molecule has 1 rings (SSSR count). The van der Waals surface area contributed by atoms with Gasteiger partial charge in [-0.2, -0.15) is 0 Å². The van der Waals surface area contributed by atoms with Gasteiger partial charge in [-0.15, -0.1) is 5.10 Å². The molecule has 0 aromatic carbocycles. The Labute approximate surface area is 89.0 Å². The molecule has 0 fully saturated rings. The zero-order chi connectivity index (χ0) is 11.4. The number of nitrogens with zero attached hydrogens (tertiary/aromatic N) is 3. The first-order valence-electron chi connectivity index (χ1n) is 4.91. The number of hydrogen-bond acceptors (Lipinski definition) is 5. The van der Waals surface area contributed by atoms with Crippen molar-refractivity contribution >= 4 is 0 Å². The fraction of sp³-hybridized carbons (Fsp3) is 0.778. The van der Waals surface area contributed by atoms with Gasteiger partial charge in [-0.1, -0.05) is 5.21 Å². The molecular formula is C9H18N4O2. The molecule has 6 nitrogen and oxygen atoms in total. The molecule has 86 valence electrons. The largest absolute Gasteiger partial charge is 0.391 e. The van der Waals surface area contributed by atoms with E-state index in [1.165, 1.54) is 0 Å². The zero-order valence-corrected chi connectivity index (χ0v) is 9.34. The summed E-state index contributed by atoms with van der Waals surface area (Å²) < 4.78 is 6.72. The van der Waals surface area contributed by atoms with E-state index in [2.05, 4.69) is 10.3 Å². The van der Waals surface area contributed by atoms with Gasteiger partial charge in [0.2, 0.25) is 0 Å². The number of methoxy groups -OCH3 is 1. The van der Waals surface area contributed by atoms with Crippen molar-refractivity contribution in [3.63, 3.8) is 0 Å². The summed E-state index contributed by atoms with van der Waals surface area (Å²) >= 11 is 0. The topological polar surface area (TPSA) is 86.2 Å². The second-order valence-corrected chi connectivity index (χ2v) is 3.55. The molecule has 2 unspecified atom stereocenters. The van der Waals surface area contributed by atoms with Gasteiger partial charge in [-0.25, -0.2) is 4.68 Å². The number of aliphatic hydroxyl groups is 1. The van der Waals surface area contributed by atoms with Crippen LogP contribution in [0.5, 0.6) is 0 Å². The third-order valence-corrected chi connectivity index (χ3v) is 2.43. The van der Waals surface area contributed by atoms with Crippen LogP contribution in [0.1, 0.15) is 31.3 Å². The molecule has 3 N–H and O–H groups in total. The third kappa shape index (κ3) is 2.53. The fourth-order valence-corrected chi connectivity index (χ4v) is 1.32. The van der Waals surface area contributed by atoms with E-state index >= 15 is 0 Å². The van der Waals surface area contributed by atoms with Gasteiger partial charge in [0.25, 0.3) is 0 Å². The highest BCUT2D eigenvalue weighted by Gasteiger charge is 2.19. The minimum Gasteiger partial charge on any atom is -0.391 e. The summed E-state index contributed by atoms with van der Waals surface area (Å²) in [5.41, 5.74) is 7.08. The van der Waals surface area contributed by atoms with Crippen LogP contribution in [0.15, 0.2) is 0 Å². The van der Waals surface area contributed by atoms with Gasteiger partial charge in [0.05, 0.1) is 24.4 Å². The highest BCUT2D eigenvalue weighted by molar-refractivity contribution is 5.09. The van der Waals surface area contributed by atoms with Crippen LogP contribution >= 0.6 is 0 Å². The van der Waals surface area contributed by atoms with Crippen molar-refractivity contribution < 1.29 is 9.84 Å². The molecule has 0 spiro atoms. The predicted molar refractivity (Wildman–Crippen MR) is 55.0 cm³/mol. The first-order chi connectivity index (χ1) is 7.11. The van der Waals surface area contributed by atoms with E-state index in [9.17, 15) is 5.11 Å². The predicted octanol–water partition coefficient (Wildman–Crippen LogP) is -0.175. The van der Waals surface area contributed by atoms with Crippen LogP contribution in [0.4, 0.5) is 0 Å². The Morgan fingerprint density at radius 3 is 2.67 bits per heavy atom. The van der Waals surface area contributed by atoms with Crippen molar-refractivity contribution in [1.82, 2.24) is 15.0 Å². The summed E-state index contributed by atoms with van der Waals surface area (Å²) in [4.78, 5) is 0. The molecule has 1 heterocycles. The highest BCUT2D eigenvalue weighted by Crippen LogP contribution is 2.15. The Balaban J connectivity index is 3.01. The molecule has 0 amide bonds. The lowest BCUT2D eigenvalue weighted by Crippen LogP contribution is -2.22. The first-order valence-corrected chi connectivity index (χ1v) is 4.91. The van der Waals surface area contributed by atoms with E-state index in [1.807, 2.05) is 6.92 Å². The average molecular weight is 214 g/mol. The number of hydrogen-bond donors (Lipinski definition) is 2. The number of nitrogens with two attached hydrogens (primary N) is 1. The van der Waals surface area contributed by atoms with Crippen molar-refractivity contribution in [2.75, 3.05) is 7.11 Å². The molecule has 0 aliphatic rings. The number of aliphatic hydroxyl groups excluding tert-OH is 1. The van der Waals surface area contributed by atoms with Crippen LogP contribution < -0.4 is 5.73 Å². The van der Waals surface area contributed by atoms with Crippen molar-refractivity contribution in [2.24, 2.45) is 5.73 Å². The molecule has 1 aromatic rings. The molecular weight excluding hydrogens is 196 g/mol.